The van der Waals surface area contributed by atoms with Crippen LogP contribution in [0.1, 0.15) is 32.1 Å². The van der Waals surface area contributed by atoms with Crippen LogP contribution < -0.4 is 10.1 Å². The molecule has 8 heteroatoms. The van der Waals surface area contributed by atoms with Crippen molar-refractivity contribution < 1.29 is 19.4 Å². The third kappa shape index (κ3) is 3.68. The monoisotopic (exact) mass is 351 g/mol. The average molecular weight is 352 g/mol. The minimum Gasteiger partial charge on any atom is -0.496 e. The van der Waals surface area contributed by atoms with Gasteiger partial charge in [0, 0.05) is 13.6 Å². The van der Waals surface area contributed by atoms with Gasteiger partial charge in [-0.15, -0.1) is 0 Å². The van der Waals surface area contributed by atoms with E-state index in [-0.39, 0.29) is 17.2 Å². The summed E-state index contributed by atoms with van der Waals surface area (Å²) in [7, 11) is 3.19. The summed E-state index contributed by atoms with van der Waals surface area (Å²) in [6.45, 7) is 2.12. The zero-order chi connectivity index (χ0) is 17.9. The number of benzene rings is 1. The van der Waals surface area contributed by atoms with Gasteiger partial charge in [-0.05, 0) is 31.0 Å². The van der Waals surface area contributed by atoms with Crippen LogP contribution in [-0.2, 0) is 13.5 Å². The highest BCUT2D eigenvalue weighted by atomic mass is 35.5. The van der Waals surface area contributed by atoms with Crippen LogP contribution in [0.3, 0.4) is 0 Å². The van der Waals surface area contributed by atoms with Crippen molar-refractivity contribution in [2.24, 2.45) is 7.05 Å². The first-order valence-electron chi connectivity index (χ1n) is 7.22. The third-order valence-electron chi connectivity index (χ3n) is 3.69. The molecule has 0 radical (unpaired) electrons. The van der Waals surface area contributed by atoms with Crippen LogP contribution in [0.15, 0.2) is 18.2 Å². The molecule has 0 aliphatic carbocycles. The lowest BCUT2D eigenvalue weighted by molar-refractivity contribution is 0.0696. The largest absolute Gasteiger partial charge is 0.496 e. The lowest BCUT2D eigenvalue weighted by Crippen LogP contribution is -2.26. The van der Waals surface area contributed by atoms with E-state index in [1.807, 2.05) is 0 Å². The Hall–Kier alpha value is -2.54. The van der Waals surface area contributed by atoms with Crippen molar-refractivity contribution in [1.82, 2.24) is 15.1 Å². The van der Waals surface area contributed by atoms with Gasteiger partial charge in [0.15, 0.2) is 5.69 Å². The summed E-state index contributed by atoms with van der Waals surface area (Å²) in [6, 6.07) is 4.63. The van der Waals surface area contributed by atoms with Gasteiger partial charge in [0.25, 0.3) is 5.91 Å². The Balaban J connectivity index is 2.02. The molecule has 1 amide bonds. The summed E-state index contributed by atoms with van der Waals surface area (Å²) in [4.78, 5) is 23.1. The second-order valence-electron chi connectivity index (χ2n) is 5.21. The molecule has 2 N–H and O–H groups in total. The number of amides is 1. The fourth-order valence-electron chi connectivity index (χ4n) is 2.21. The van der Waals surface area contributed by atoms with E-state index < -0.39 is 5.97 Å². The number of hydrogen-bond acceptors (Lipinski definition) is 4. The maximum atomic E-state index is 12.1. The molecule has 24 heavy (non-hydrogen) atoms. The first-order valence-corrected chi connectivity index (χ1v) is 7.60. The molecule has 0 atom stereocenters. The third-order valence-corrected chi connectivity index (χ3v) is 4.14. The molecule has 2 aromatic rings. The van der Waals surface area contributed by atoms with Gasteiger partial charge in [0.2, 0.25) is 0 Å². The van der Waals surface area contributed by atoms with Gasteiger partial charge >= 0.3 is 5.97 Å². The van der Waals surface area contributed by atoms with Crippen LogP contribution in [0.4, 0.5) is 0 Å². The predicted octanol–water partition coefficient (Wildman–Crippen LogP) is 2.06. The molecule has 1 heterocycles. The summed E-state index contributed by atoms with van der Waals surface area (Å²) >= 11 is 6.08. The van der Waals surface area contributed by atoms with E-state index in [9.17, 15) is 9.59 Å². The Kier molecular flexibility index (Phi) is 5.46. The number of carboxylic acid groups (broad SMARTS) is 1. The minimum atomic E-state index is -1.02. The number of hydrogen-bond donors (Lipinski definition) is 2. The van der Waals surface area contributed by atoms with Crippen molar-refractivity contribution in [2.45, 2.75) is 13.3 Å². The normalized spacial score (nSPS) is 10.5. The quantitative estimate of drug-likeness (QED) is 0.830. The van der Waals surface area contributed by atoms with Gasteiger partial charge < -0.3 is 15.2 Å². The Bertz CT molecular complexity index is 786. The predicted molar refractivity (Wildman–Crippen MR) is 88.9 cm³/mol. The molecule has 0 fully saturated rings. The van der Waals surface area contributed by atoms with Crippen molar-refractivity contribution >= 4 is 23.5 Å². The zero-order valence-corrected chi connectivity index (χ0v) is 14.3. The fraction of sp³-hybridized carbons (Fsp3) is 0.312. The standard InChI is InChI=1S/C16H18ClN3O4/c1-9-13(17)14(19-20(9)2)15(21)18-7-6-10-4-5-11(16(22)23)8-12(10)24-3/h4-5,8H,6-7H2,1-3H3,(H,18,21)(H,22,23). The molecule has 0 aliphatic heterocycles. The second-order valence-corrected chi connectivity index (χ2v) is 5.59. The van der Waals surface area contributed by atoms with Crippen molar-refractivity contribution in [3.8, 4) is 5.75 Å². The Labute approximate surface area is 144 Å². The number of carboxylic acids is 1. The Morgan fingerprint density at radius 1 is 1.42 bits per heavy atom. The van der Waals surface area contributed by atoms with E-state index in [0.29, 0.717) is 29.4 Å². The maximum absolute atomic E-state index is 12.1. The topological polar surface area (TPSA) is 93.4 Å². The number of aromatic nitrogens is 2. The Morgan fingerprint density at radius 2 is 2.12 bits per heavy atom. The van der Waals surface area contributed by atoms with Crippen molar-refractivity contribution in [2.75, 3.05) is 13.7 Å². The fourth-order valence-corrected chi connectivity index (χ4v) is 2.45. The number of aromatic carboxylic acids is 1. The van der Waals surface area contributed by atoms with Crippen LogP contribution in [0.5, 0.6) is 5.75 Å². The molecular formula is C16H18ClN3O4. The summed E-state index contributed by atoms with van der Waals surface area (Å²) in [6.07, 6.45) is 0.484. The van der Waals surface area contributed by atoms with E-state index >= 15 is 0 Å². The molecular weight excluding hydrogens is 334 g/mol. The first kappa shape index (κ1) is 17.8. The molecule has 1 aromatic heterocycles. The Morgan fingerprint density at radius 3 is 2.67 bits per heavy atom. The van der Waals surface area contributed by atoms with Gasteiger partial charge in [0.1, 0.15) is 5.75 Å². The highest BCUT2D eigenvalue weighted by molar-refractivity contribution is 6.34. The second kappa shape index (κ2) is 7.35. The van der Waals surface area contributed by atoms with E-state index in [0.717, 1.165) is 5.56 Å². The molecule has 128 valence electrons. The molecule has 0 saturated carbocycles. The zero-order valence-electron chi connectivity index (χ0n) is 13.6. The lowest BCUT2D eigenvalue weighted by atomic mass is 10.1. The number of rotatable bonds is 6. The summed E-state index contributed by atoms with van der Waals surface area (Å²) in [5, 5.41) is 16.1. The number of methoxy groups -OCH3 is 1. The van der Waals surface area contributed by atoms with Crippen LogP contribution >= 0.6 is 11.6 Å². The van der Waals surface area contributed by atoms with Gasteiger partial charge in [-0.3, -0.25) is 9.48 Å². The van der Waals surface area contributed by atoms with Gasteiger partial charge in [0.05, 0.1) is 23.4 Å². The summed E-state index contributed by atoms with van der Waals surface area (Å²) in [5.41, 5.74) is 1.85. The highest BCUT2D eigenvalue weighted by Crippen LogP contribution is 2.21. The number of nitrogens with one attached hydrogen (secondary N) is 1. The number of nitrogens with zero attached hydrogens (tertiary/aromatic N) is 2. The van der Waals surface area contributed by atoms with E-state index in [1.165, 1.54) is 19.2 Å². The smallest absolute Gasteiger partial charge is 0.335 e. The van der Waals surface area contributed by atoms with Crippen LogP contribution in [-0.4, -0.2) is 40.4 Å². The number of carbonyl (C=O) groups excluding carboxylic acids is 1. The number of ether oxygens (including phenoxy) is 1. The van der Waals surface area contributed by atoms with E-state index in [1.54, 1.807) is 24.7 Å². The van der Waals surface area contributed by atoms with Crippen molar-refractivity contribution in [3.63, 3.8) is 0 Å². The number of carbonyl (C=O) groups is 2. The molecule has 7 nitrogen and oxygen atoms in total. The van der Waals surface area contributed by atoms with Crippen LogP contribution in [0.25, 0.3) is 0 Å². The van der Waals surface area contributed by atoms with Crippen molar-refractivity contribution in [3.05, 3.63) is 45.7 Å². The van der Waals surface area contributed by atoms with Crippen LogP contribution in [0, 0.1) is 6.92 Å². The van der Waals surface area contributed by atoms with Crippen LogP contribution in [0.2, 0.25) is 5.02 Å². The van der Waals surface area contributed by atoms with Gasteiger partial charge in [-0.1, -0.05) is 17.7 Å². The molecule has 2 rings (SSSR count). The van der Waals surface area contributed by atoms with E-state index in [4.69, 9.17) is 21.4 Å². The van der Waals surface area contributed by atoms with Gasteiger partial charge in [-0.2, -0.15) is 5.10 Å². The SMILES string of the molecule is COc1cc(C(=O)O)ccc1CCNC(=O)c1nn(C)c(C)c1Cl. The summed E-state index contributed by atoms with van der Waals surface area (Å²) in [5.74, 6) is -0.908. The van der Waals surface area contributed by atoms with Gasteiger partial charge in [-0.25, -0.2) is 4.79 Å². The van der Waals surface area contributed by atoms with E-state index in [2.05, 4.69) is 10.4 Å². The van der Waals surface area contributed by atoms with Crippen molar-refractivity contribution in [1.29, 1.82) is 0 Å². The molecule has 1 aromatic carbocycles. The molecule has 0 aliphatic rings. The summed E-state index contributed by atoms with van der Waals surface area (Å²) < 4.78 is 6.75. The highest BCUT2D eigenvalue weighted by Gasteiger charge is 2.18. The molecule has 0 unspecified atom stereocenters. The average Bonchev–Trinajstić information content (AvgIpc) is 2.82. The maximum Gasteiger partial charge on any atom is 0.335 e. The first-order chi connectivity index (χ1) is 11.3. The molecule has 0 spiro atoms. The minimum absolute atomic E-state index is 0.148. The molecule has 0 bridgehead atoms. The number of halogens is 1. The molecule has 0 saturated heterocycles. The lowest BCUT2D eigenvalue weighted by Gasteiger charge is -2.10. The number of aryl methyl sites for hydroxylation is 1.